The molecule has 2 aromatic carbocycles. The van der Waals surface area contributed by atoms with Crippen molar-refractivity contribution in [1.29, 1.82) is 0 Å². The minimum Gasteiger partial charge on any atom is -0.424 e. The van der Waals surface area contributed by atoms with Crippen LogP contribution in [-0.2, 0) is 13.6 Å². The molecule has 0 spiro atoms. The number of benzene rings is 2. The van der Waals surface area contributed by atoms with E-state index in [9.17, 15) is 0 Å². The molecular weight excluding hydrogens is 428 g/mol. The third kappa shape index (κ3) is 4.40. The molecule has 172 valence electrons. The molecule has 5 rings (SSSR count). The van der Waals surface area contributed by atoms with E-state index < -0.39 is 0 Å². The molecule has 0 radical (unpaired) electrons. The number of aryl methyl sites for hydroxylation is 3. The molecule has 0 atom stereocenters. The van der Waals surface area contributed by atoms with E-state index in [1.807, 2.05) is 64.2 Å². The monoisotopic (exact) mass is 454 g/mol. The van der Waals surface area contributed by atoms with E-state index in [0.717, 1.165) is 50.9 Å². The smallest absolute Gasteiger partial charge is 0.321 e. The highest BCUT2D eigenvalue weighted by Gasteiger charge is 2.11. The zero-order valence-electron chi connectivity index (χ0n) is 19.5. The third-order valence-electron chi connectivity index (χ3n) is 5.74. The molecule has 0 bridgehead atoms. The fraction of sp³-hybridized carbons (Fsp3) is 0.200. The first-order valence-corrected chi connectivity index (χ1v) is 11.0. The lowest BCUT2D eigenvalue weighted by molar-refractivity contribution is 0.441. The fourth-order valence-corrected chi connectivity index (χ4v) is 3.56. The van der Waals surface area contributed by atoms with Gasteiger partial charge in [-0.25, -0.2) is 15.0 Å². The van der Waals surface area contributed by atoms with Gasteiger partial charge in [0.15, 0.2) is 5.82 Å². The molecule has 3 N–H and O–H groups in total. The number of hydrogen-bond donors (Lipinski definition) is 3. The van der Waals surface area contributed by atoms with Crippen molar-refractivity contribution >= 4 is 28.5 Å². The molecule has 5 aromatic rings. The van der Waals surface area contributed by atoms with Crippen LogP contribution in [0.4, 0.5) is 17.5 Å². The molecule has 0 aliphatic rings. The van der Waals surface area contributed by atoms with Crippen molar-refractivity contribution in [3.05, 3.63) is 77.2 Å². The van der Waals surface area contributed by atoms with Gasteiger partial charge in [-0.15, -0.1) is 0 Å². The van der Waals surface area contributed by atoms with E-state index in [0.29, 0.717) is 18.3 Å². The van der Waals surface area contributed by atoms with E-state index >= 15 is 0 Å². The van der Waals surface area contributed by atoms with Crippen LogP contribution in [0.15, 0.2) is 54.9 Å². The van der Waals surface area contributed by atoms with Crippen LogP contribution >= 0.6 is 0 Å². The highest BCUT2D eigenvalue weighted by molar-refractivity contribution is 5.83. The average molecular weight is 455 g/mol. The van der Waals surface area contributed by atoms with Crippen LogP contribution in [0.2, 0.25) is 0 Å². The van der Waals surface area contributed by atoms with Crippen molar-refractivity contribution in [2.24, 2.45) is 7.05 Å². The summed E-state index contributed by atoms with van der Waals surface area (Å²) in [6, 6.07) is 14.3. The molecule has 0 aliphatic heterocycles. The van der Waals surface area contributed by atoms with Crippen molar-refractivity contribution in [1.82, 2.24) is 29.7 Å². The van der Waals surface area contributed by atoms with Gasteiger partial charge in [0, 0.05) is 42.9 Å². The van der Waals surface area contributed by atoms with E-state index in [4.69, 9.17) is 9.72 Å². The van der Waals surface area contributed by atoms with Gasteiger partial charge in [0.1, 0.15) is 5.75 Å². The van der Waals surface area contributed by atoms with Gasteiger partial charge in [0.25, 0.3) is 0 Å². The zero-order chi connectivity index (χ0) is 23.7. The molecule has 34 heavy (non-hydrogen) atoms. The summed E-state index contributed by atoms with van der Waals surface area (Å²) in [5.41, 5.74) is 7.17. The number of aromatic amines is 1. The van der Waals surface area contributed by atoms with Crippen LogP contribution in [0.25, 0.3) is 11.0 Å². The van der Waals surface area contributed by atoms with Crippen LogP contribution in [0, 0.1) is 20.8 Å². The number of nitrogens with one attached hydrogen (secondary N) is 3. The van der Waals surface area contributed by atoms with E-state index in [2.05, 4.69) is 41.4 Å². The molecule has 3 aromatic heterocycles. The summed E-state index contributed by atoms with van der Waals surface area (Å²) in [6.45, 7) is 6.62. The van der Waals surface area contributed by atoms with E-state index in [1.165, 1.54) is 0 Å². The summed E-state index contributed by atoms with van der Waals surface area (Å²) in [4.78, 5) is 13.1. The first-order valence-electron chi connectivity index (χ1n) is 11.0. The van der Waals surface area contributed by atoms with Gasteiger partial charge in [-0.05, 0) is 62.2 Å². The third-order valence-corrected chi connectivity index (χ3v) is 5.74. The second kappa shape index (κ2) is 8.86. The van der Waals surface area contributed by atoms with Crippen molar-refractivity contribution in [3.8, 4) is 11.8 Å². The first-order chi connectivity index (χ1) is 16.5. The normalized spacial score (nSPS) is 11.1. The molecule has 0 saturated carbocycles. The Bertz CT molecular complexity index is 1430. The Morgan fingerprint density at radius 2 is 1.76 bits per heavy atom. The van der Waals surface area contributed by atoms with Crippen LogP contribution in [0.1, 0.15) is 22.4 Å². The minimum atomic E-state index is 0.336. The van der Waals surface area contributed by atoms with Crippen molar-refractivity contribution in [2.45, 2.75) is 27.3 Å². The summed E-state index contributed by atoms with van der Waals surface area (Å²) < 4.78 is 7.75. The Kier molecular flexibility index (Phi) is 5.59. The molecule has 0 unspecified atom stereocenters. The average Bonchev–Trinajstić information content (AvgIpc) is 3.33. The fourth-order valence-electron chi connectivity index (χ4n) is 3.56. The molecule has 9 heteroatoms. The lowest BCUT2D eigenvalue weighted by atomic mass is 10.2. The minimum absolute atomic E-state index is 0.336. The van der Waals surface area contributed by atoms with E-state index in [1.54, 1.807) is 12.4 Å². The molecule has 0 aliphatic carbocycles. The first kappa shape index (κ1) is 21.4. The highest BCUT2D eigenvalue weighted by atomic mass is 16.5. The number of rotatable bonds is 7. The molecule has 0 saturated heterocycles. The summed E-state index contributed by atoms with van der Waals surface area (Å²) in [5, 5.41) is 14.1. The number of nitrogens with zero attached hydrogens (tertiary/aromatic N) is 5. The van der Waals surface area contributed by atoms with Gasteiger partial charge in [0.2, 0.25) is 5.95 Å². The maximum absolute atomic E-state index is 5.70. The molecule has 0 amide bonds. The van der Waals surface area contributed by atoms with Crippen molar-refractivity contribution in [3.63, 3.8) is 0 Å². The van der Waals surface area contributed by atoms with E-state index in [-0.39, 0.29) is 0 Å². The maximum atomic E-state index is 5.70. The van der Waals surface area contributed by atoms with Crippen molar-refractivity contribution in [2.75, 3.05) is 10.6 Å². The topological polar surface area (TPSA) is 106 Å². The highest BCUT2D eigenvalue weighted by Crippen LogP contribution is 2.26. The van der Waals surface area contributed by atoms with Gasteiger partial charge in [-0.1, -0.05) is 12.1 Å². The Morgan fingerprint density at radius 1 is 1.00 bits per heavy atom. The molecule has 0 fully saturated rings. The van der Waals surface area contributed by atoms with Gasteiger partial charge in [-0.3, -0.25) is 5.10 Å². The van der Waals surface area contributed by atoms with Gasteiger partial charge in [0.05, 0.1) is 11.0 Å². The summed E-state index contributed by atoms with van der Waals surface area (Å²) in [5.74, 6) is 2.32. The zero-order valence-corrected chi connectivity index (χ0v) is 19.5. The second-order valence-electron chi connectivity index (χ2n) is 8.29. The number of anilines is 3. The lowest BCUT2D eigenvalue weighted by Crippen LogP contribution is -2.05. The van der Waals surface area contributed by atoms with Crippen LogP contribution in [0.5, 0.6) is 11.8 Å². The number of aromatic nitrogens is 6. The quantitative estimate of drug-likeness (QED) is 0.312. The van der Waals surface area contributed by atoms with Crippen LogP contribution < -0.4 is 15.4 Å². The summed E-state index contributed by atoms with van der Waals surface area (Å²) in [7, 11) is 2.00. The Balaban J connectivity index is 1.26. The van der Waals surface area contributed by atoms with Crippen LogP contribution in [-0.4, -0.2) is 29.7 Å². The van der Waals surface area contributed by atoms with Crippen LogP contribution in [0.3, 0.4) is 0 Å². The lowest BCUT2D eigenvalue weighted by Gasteiger charge is -2.08. The largest absolute Gasteiger partial charge is 0.424 e. The Morgan fingerprint density at radius 3 is 2.47 bits per heavy atom. The number of ether oxygens (including phenoxy) is 1. The van der Waals surface area contributed by atoms with Gasteiger partial charge in [-0.2, -0.15) is 5.10 Å². The number of hydrogen-bond acceptors (Lipinski definition) is 7. The van der Waals surface area contributed by atoms with Gasteiger partial charge < -0.3 is 19.9 Å². The SMILES string of the molecule is Cc1cnc(Oc2ccc(CNc3nc4ccc(Nc5n[nH]c(C)c5C)cc4n3C)cc2)nc1. The number of H-pyrrole nitrogens is 1. The molecule has 9 nitrogen and oxygen atoms in total. The second-order valence-corrected chi connectivity index (χ2v) is 8.29. The number of fused-ring (bicyclic) bond motifs is 1. The molecule has 3 heterocycles. The molecular formula is C25H26N8O. The Hall–Kier alpha value is -4.40. The predicted molar refractivity (Wildman–Crippen MR) is 133 cm³/mol. The number of imidazole rings is 1. The Labute approximate surface area is 197 Å². The summed E-state index contributed by atoms with van der Waals surface area (Å²) in [6.07, 6.45) is 3.46. The maximum Gasteiger partial charge on any atom is 0.321 e. The summed E-state index contributed by atoms with van der Waals surface area (Å²) >= 11 is 0. The van der Waals surface area contributed by atoms with Crippen molar-refractivity contribution < 1.29 is 4.74 Å². The standard InChI is InChI=1S/C25H26N8O/c1-15-12-27-25(28-13-15)34-20-8-5-18(6-9-20)14-26-24-30-21-10-7-19(11-22(21)33(24)4)29-23-16(2)17(3)31-32-23/h5-13H,14H2,1-4H3,(H,26,30)(H2,29,31,32). The van der Waals surface area contributed by atoms with Gasteiger partial charge >= 0.3 is 6.01 Å². The predicted octanol–water partition coefficient (Wildman–Crippen LogP) is 5.16.